The maximum Gasteiger partial charge on any atom is 0.273 e. The standard InChI is InChI=1S/C28H33N3O5S/c1-31(2)28(34)25-16-29-20(15-30-25)14-26(33)23(12-17-3-7-21(32)11-17)19-6-10-27(24(13-19)18-4-5-18)37(35,36)22-8-9-22/h6,10,13,15-18,22-23H,3-5,7-9,11-12,14H2,1-2H3/t17-,23+/m0/s1. The molecule has 1 aromatic carbocycles. The van der Waals surface area contributed by atoms with Gasteiger partial charge in [-0.05, 0) is 67.6 Å². The normalized spacial score (nSPS) is 20.6. The second-order valence-electron chi connectivity index (χ2n) is 11.0. The number of rotatable bonds is 10. The SMILES string of the molecule is CN(C)C(=O)c1cnc(CC(=O)[C@H](C[C@H]2CCC(=O)C2)c2ccc(S(=O)(=O)C3CC3)c(C3CC3)c2)cn1. The van der Waals surface area contributed by atoms with Crippen molar-refractivity contribution in [2.75, 3.05) is 14.1 Å². The molecule has 3 aliphatic rings. The van der Waals surface area contributed by atoms with Crippen LogP contribution < -0.4 is 0 Å². The van der Waals surface area contributed by atoms with Gasteiger partial charge in [0.1, 0.15) is 17.3 Å². The van der Waals surface area contributed by atoms with Crippen molar-refractivity contribution in [3.05, 3.63) is 53.1 Å². The van der Waals surface area contributed by atoms with Crippen molar-refractivity contribution in [3.63, 3.8) is 0 Å². The van der Waals surface area contributed by atoms with E-state index in [0.29, 0.717) is 42.7 Å². The van der Waals surface area contributed by atoms with Gasteiger partial charge in [0.2, 0.25) is 0 Å². The van der Waals surface area contributed by atoms with Crippen molar-refractivity contribution in [1.82, 2.24) is 14.9 Å². The molecule has 1 aromatic heterocycles. The molecule has 3 aliphatic carbocycles. The van der Waals surface area contributed by atoms with Crippen molar-refractivity contribution in [2.45, 2.75) is 79.8 Å². The Hall–Kier alpha value is -2.94. The summed E-state index contributed by atoms with van der Waals surface area (Å²) in [6, 6.07) is 5.44. The van der Waals surface area contributed by atoms with Crippen LogP contribution in [0.15, 0.2) is 35.5 Å². The number of Topliss-reactive ketones (excluding diaryl/α,β-unsaturated/α-hetero) is 2. The van der Waals surface area contributed by atoms with E-state index >= 15 is 0 Å². The van der Waals surface area contributed by atoms with Crippen LogP contribution in [0, 0.1) is 5.92 Å². The molecule has 9 heteroatoms. The van der Waals surface area contributed by atoms with Crippen LogP contribution in [0.1, 0.15) is 90.5 Å². The molecule has 1 heterocycles. The smallest absolute Gasteiger partial charge is 0.273 e. The number of benzene rings is 1. The Bertz CT molecular complexity index is 1330. The van der Waals surface area contributed by atoms with Gasteiger partial charge in [-0.15, -0.1) is 0 Å². The molecule has 0 unspecified atom stereocenters. The van der Waals surface area contributed by atoms with E-state index in [9.17, 15) is 22.8 Å². The summed E-state index contributed by atoms with van der Waals surface area (Å²) < 4.78 is 26.2. The number of ketones is 2. The fourth-order valence-electron chi connectivity index (χ4n) is 5.28. The van der Waals surface area contributed by atoms with Gasteiger partial charge in [-0.25, -0.2) is 13.4 Å². The van der Waals surface area contributed by atoms with Crippen molar-refractivity contribution < 1.29 is 22.8 Å². The van der Waals surface area contributed by atoms with Gasteiger partial charge in [-0.1, -0.05) is 12.1 Å². The van der Waals surface area contributed by atoms with Crippen LogP contribution in [-0.2, 0) is 25.8 Å². The topological polar surface area (TPSA) is 114 Å². The molecule has 1 amide bonds. The molecule has 0 saturated heterocycles. The van der Waals surface area contributed by atoms with Gasteiger partial charge >= 0.3 is 0 Å². The summed E-state index contributed by atoms with van der Waals surface area (Å²) in [7, 11) is -0.0670. The van der Waals surface area contributed by atoms with Gasteiger partial charge in [-0.2, -0.15) is 0 Å². The Balaban J connectivity index is 1.43. The van der Waals surface area contributed by atoms with Crippen LogP contribution in [0.4, 0.5) is 0 Å². The quantitative estimate of drug-likeness (QED) is 0.467. The molecule has 2 aromatic rings. The Labute approximate surface area is 217 Å². The number of amides is 1. The summed E-state index contributed by atoms with van der Waals surface area (Å²) in [4.78, 5) is 48.1. The molecule has 0 N–H and O–H groups in total. The molecular formula is C28H33N3O5S. The van der Waals surface area contributed by atoms with Crippen LogP contribution in [-0.4, -0.2) is 60.1 Å². The zero-order valence-corrected chi connectivity index (χ0v) is 22.2. The van der Waals surface area contributed by atoms with Crippen LogP contribution in [0.2, 0.25) is 0 Å². The molecular weight excluding hydrogens is 490 g/mol. The second kappa shape index (κ2) is 10.1. The monoisotopic (exact) mass is 523 g/mol. The first-order valence-electron chi connectivity index (χ1n) is 13.1. The van der Waals surface area contributed by atoms with E-state index in [1.54, 1.807) is 26.2 Å². The van der Waals surface area contributed by atoms with Gasteiger partial charge in [-0.3, -0.25) is 19.4 Å². The second-order valence-corrected chi connectivity index (χ2v) is 13.2. The Kier molecular flexibility index (Phi) is 7.00. The van der Waals surface area contributed by atoms with E-state index in [0.717, 1.165) is 30.4 Å². The molecule has 8 nitrogen and oxygen atoms in total. The number of hydrogen-bond acceptors (Lipinski definition) is 7. The number of aromatic nitrogens is 2. The summed E-state index contributed by atoms with van der Waals surface area (Å²) >= 11 is 0. The summed E-state index contributed by atoms with van der Waals surface area (Å²) in [5.74, 6) is -0.182. The number of hydrogen-bond donors (Lipinski definition) is 0. The van der Waals surface area contributed by atoms with E-state index in [2.05, 4.69) is 9.97 Å². The lowest BCUT2D eigenvalue weighted by Crippen LogP contribution is -2.23. The molecule has 3 saturated carbocycles. The van der Waals surface area contributed by atoms with Gasteiger partial charge in [0.05, 0.1) is 28.5 Å². The highest BCUT2D eigenvalue weighted by Crippen LogP contribution is 2.47. The van der Waals surface area contributed by atoms with Crippen LogP contribution in [0.3, 0.4) is 0 Å². The third-order valence-corrected chi connectivity index (χ3v) is 10.0. The largest absolute Gasteiger partial charge is 0.343 e. The Morgan fingerprint density at radius 2 is 1.81 bits per heavy atom. The molecule has 0 bridgehead atoms. The minimum Gasteiger partial charge on any atom is -0.343 e. The molecule has 0 aliphatic heterocycles. The van der Waals surface area contributed by atoms with Gasteiger partial charge in [0.25, 0.3) is 5.91 Å². The first-order valence-corrected chi connectivity index (χ1v) is 14.6. The zero-order chi connectivity index (χ0) is 26.3. The number of sulfone groups is 1. The van der Waals surface area contributed by atoms with E-state index in [4.69, 9.17) is 0 Å². The predicted molar refractivity (Wildman–Crippen MR) is 137 cm³/mol. The van der Waals surface area contributed by atoms with E-state index < -0.39 is 15.8 Å². The number of nitrogens with zero attached hydrogens (tertiary/aromatic N) is 3. The molecule has 5 rings (SSSR count). The zero-order valence-electron chi connectivity index (χ0n) is 21.4. The average molecular weight is 524 g/mol. The van der Waals surface area contributed by atoms with Crippen LogP contribution in [0.5, 0.6) is 0 Å². The first kappa shape index (κ1) is 25.7. The van der Waals surface area contributed by atoms with Gasteiger partial charge in [0, 0.05) is 39.1 Å². The molecule has 37 heavy (non-hydrogen) atoms. The van der Waals surface area contributed by atoms with Crippen LogP contribution >= 0.6 is 0 Å². The molecule has 2 atom stereocenters. The van der Waals surface area contributed by atoms with E-state index in [1.807, 2.05) is 6.07 Å². The highest BCUT2D eigenvalue weighted by Gasteiger charge is 2.41. The highest BCUT2D eigenvalue weighted by molar-refractivity contribution is 7.92. The molecule has 0 spiro atoms. The van der Waals surface area contributed by atoms with Gasteiger partial charge < -0.3 is 4.90 Å². The van der Waals surface area contributed by atoms with Gasteiger partial charge in [0.15, 0.2) is 9.84 Å². The third-order valence-electron chi connectivity index (χ3n) is 7.71. The number of carbonyl (C=O) groups is 3. The lowest BCUT2D eigenvalue weighted by Gasteiger charge is -2.21. The predicted octanol–water partition coefficient (Wildman–Crippen LogP) is 3.65. The maximum atomic E-state index is 13.7. The lowest BCUT2D eigenvalue weighted by atomic mass is 9.83. The third kappa shape index (κ3) is 5.66. The maximum absolute atomic E-state index is 13.7. The summed E-state index contributed by atoms with van der Waals surface area (Å²) in [5.41, 5.74) is 2.34. The average Bonchev–Trinajstić information content (AvgIpc) is 3.79. The summed E-state index contributed by atoms with van der Waals surface area (Å²) in [5, 5.41) is -0.279. The molecule has 0 radical (unpaired) electrons. The Morgan fingerprint density at radius 3 is 2.38 bits per heavy atom. The van der Waals surface area contributed by atoms with Crippen molar-refractivity contribution in [1.29, 1.82) is 0 Å². The van der Waals surface area contributed by atoms with E-state index in [-0.39, 0.29) is 46.7 Å². The molecule has 3 fully saturated rings. The van der Waals surface area contributed by atoms with Crippen molar-refractivity contribution >= 4 is 27.3 Å². The van der Waals surface area contributed by atoms with E-state index in [1.165, 1.54) is 17.3 Å². The molecule has 196 valence electrons. The number of carbonyl (C=O) groups excluding carboxylic acids is 3. The summed E-state index contributed by atoms with van der Waals surface area (Å²) in [6.45, 7) is 0. The van der Waals surface area contributed by atoms with Crippen LogP contribution in [0.25, 0.3) is 0 Å². The Morgan fingerprint density at radius 1 is 1.05 bits per heavy atom. The van der Waals surface area contributed by atoms with Crippen molar-refractivity contribution in [3.8, 4) is 0 Å². The summed E-state index contributed by atoms with van der Waals surface area (Å²) in [6.07, 6.45) is 8.59. The fourth-order valence-corrected chi connectivity index (χ4v) is 7.21. The first-order chi connectivity index (χ1) is 17.6. The fraction of sp³-hybridized carbons (Fsp3) is 0.536. The van der Waals surface area contributed by atoms with Crippen molar-refractivity contribution in [2.24, 2.45) is 5.92 Å². The minimum absolute atomic E-state index is 0.0418. The minimum atomic E-state index is -3.34. The highest BCUT2D eigenvalue weighted by atomic mass is 32.2. The lowest BCUT2D eigenvalue weighted by molar-refractivity contribution is -0.121.